The summed E-state index contributed by atoms with van der Waals surface area (Å²) in [6.07, 6.45) is -1.18. The van der Waals surface area contributed by atoms with Crippen LogP contribution in [-0.2, 0) is 12.7 Å². The van der Waals surface area contributed by atoms with Crippen LogP contribution in [0.5, 0.6) is 0 Å². The summed E-state index contributed by atoms with van der Waals surface area (Å²) in [7, 11) is 0. The monoisotopic (exact) mass is 455 g/mol. The van der Waals surface area contributed by atoms with Gasteiger partial charge in [0.15, 0.2) is 0 Å². The summed E-state index contributed by atoms with van der Waals surface area (Å²) in [4.78, 5) is 6.54. The minimum absolute atomic E-state index is 0.241. The number of nitrogens with one attached hydrogen (secondary N) is 1. The number of hydrogen-bond acceptors (Lipinski definition) is 3. The number of benzene rings is 1. The van der Waals surface area contributed by atoms with Gasteiger partial charge in [-0.05, 0) is 42.2 Å². The second kappa shape index (κ2) is 10.8. The summed E-state index contributed by atoms with van der Waals surface area (Å²) in [6, 6.07) is 9.61. The normalized spacial score (nSPS) is 12.5. The zero-order valence-corrected chi connectivity index (χ0v) is 18.5. The Morgan fingerprint density at radius 1 is 1.23 bits per heavy atom. The number of halogens is 4. The van der Waals surface area contributed by atoms with Gasteiger partial charge in [0.1, 0.15) is 5.82 Å². The Hall–Kier alpha value is -2.12. The molecule has 1 heterocycles. The van der Waals surface area contributed by atoms with E-state index in [4.69, 9.17) is 23.8 Å². The van der Waals surface area contributed by atoms with Crippen LogP contribution in [0.25, 0.3) is 0 Å². The van der Waals surface area contributed by atoms with Gasteiger partial charge in [-0.2, -0.15) is 13.2 Å². The average molecular weight is 456 g/mol. The zero-order valence-electron chi connectivity index (χ0n) is 16.9. The van der Waals surface area contributed by atoms with Crippen LogP contribution in [0.1, 0.15) is 31.4 Å². The topological polar surface area (TPSA) is 28.2 Å². The molecule has 162 valence electrons. The highest BCUT2D eigenvalue weighted by molar-refractivity contribution is 7.80. The Bertz CT molecular complexity index is 836. The van der Waals surface area contributed by atoms with E-state index in [0.717, 1.165) is 17.8 Å². The summed E-state index contributed by atoms with van der Waals surface area (Å²) in [5.74, 6) is 0.733. The van der Waals surface area contributed by atoms with E-state index >= 15 is 0 Å². The standard InChI is InChI=1S/C22H25ClF3N3S/c1-4-11-29(20-10-7-17(14-27-20)22(24,25)26)19(12-15(2)3)21(30)28-13-16-5-8-18(23)9-6-16/h4-10,14-15,19H,1,11-13H2,2-3H3,(H,28,30). The quantitative estimate of drug-likeness (QED) is 0.356. The van der Waals surface area contributed by atoms with Crippen molar-refractivity contribution in [3.8, 4) is 0 Å². The van der Waals surface area contributed by atoms with E-state index in [1.54, 1.807) is 6.08 Å². The molecule has 0 aliphatic carbocycles. The third kappa shape index (κ3) is 6.99. The predicted molar refractivity (Wildman–Crippen MR) is 121 cm³/mol. The van der Waals surface area contributed by atoms with Crippen molar-refractivity contribution >= 4 is 34.6 Å². The zero-order chi connectivity index (χ0) is 22.3. The molecule has 0 radical (unpaired) electrons. The molecule has 0 spiro atoms. The SMILES string of the molecule is C=CCN(c1ccc(C(F)(F)F)cn1)C(CC(C)C)C(=S)NCc1ccc(Cl)cc1. The fraction of sp³-hybridized carbons (Fsp3) is 0.364. The van der Waals surface area contributed by atoms with E-state index in [-0.39, 0.29) is 6.04 Å². The van der Waals surface area contributed by atoms with Crippen molar-refractivity contribution in [2.75, 3.05) is 11.4 Å². The van der Waals surface area contributed by atoms with Gasteiger partial charge in [-0.3, -0.25) is 0 Å². The summed E-state index contributed by atoms with van der Waals surface area (Å²) < 4.78 is 38.7. The van der Waals surface area contributed by atoms with Crippen molar-refractivity contribution in [1.29, 1.82) is 0 Å². The Morgan fingerprint density at radius 2 is 1.90 bits per heavy atom. The smallest absolute Gasteiger partial charge is 0.374 e. The first kappa shape index (κ1) is 24.2. The predicted octanol–water partition coefficient (Wildman–Crippen LogP) is 6.28. The van der Waals surface area contributed by atoms with Gasteiger partial charge in [-0.15, -0.1) is 6.58 Å². The molecule has 3 nitrogen and oxygen atoms in total. The molecule has 1 unspecified atom stereocenters. The largest absolute Gasteiger partial charge is 0.417 e. The maximum absolute atomic E-state index is 12.9. The van der Waals surface area contributed by atoms with Crippen LogP contribution in [0.4, 0.5) is 19.0 Å². The van der Waals surface area contributed by atoms with Crippen molar-refractivity contribution in [2.24, 2.45) is 5.92 Å². The average Bonchev–Trinajstić information content (AvgIpc) is 2.69. The summed E-state index contributed by atoms with van der Waals surface area (Å²) in [6.45, 7) is 8.84. The molecule has 1 atom stereocenters. The highest BCUT2D eigenvalue weighted by atomic mass is 35.5. The molecule has 1 N–H and O–H groups in total. The van der Waals surface area contributed by atoms with Crippen LogP contribution in [0.3, 0.4) is 0 Å². The van der Waals surface area contributed by atoms with E-state index in [2.05, 4.69) is 30.7 Å². The number of aromatic nitrogens is 1. The van der Waals surface area contributed by atoms with Gasteiger partial charge in [-0.25, -0.2) is 4.98 Å². The first-order valence-corrected chi connectivity index (χ1v) is 10.3. The van der Waals surface area contributed by atoms with Crippen LogP contribution in [0.2, 0.25) is 5.02 Å². The molecule has 2 aromatic rings. The fourth-order valence-electron chi connectivity index (χ4n) is 2.97. The number of rotatable bonds is 9. The Labute approximate surface area is 186 Å². The van der Waals surface area contributed by atoms with Crippen LogP contribution in [-0.4, -0.2) is 22.6 Å². The lowest BCUT2D eigenvalue weighted by atomic mass is 10.0. The van der Waals surface area contributed by atoms with Gasteiger partial charge in [0.25, 0.3) is 0 Å². The molecule has 8 heteroatoms. The molecule has 1 aromatic carbocycles. The lowest BCUT2D eigenvalue weighted by Gasteiger charge is -2.34. The van der Waals surface area contributed by atoms with Crippen molar-refractivity contribution in [3.63, 3.8) is 0 Å². The molecular weight excluding hydrogens is 431 g/mol. The highest BCUT2D eigenvalue weighted by Crippen LogP contribution is 2.30. The van der Waals surface area contributed by atoms with E-state index in [1.165, 1.54) is 6.07 Å². The van der Waals surface area contributed by atoms with Gasteiger partial charge in [0.05, 0.1) is 16.6 Å². The second-order valence-corrected chi connectivity index (χ2v) is 8.21. The number of nitrogens with zero attached hydrogens (tertiary/aromatic N) is 2. The first-order chi connectivity index (χ1) is 14.1. The molecule has 30 heavy (non-hydrogen) atoms. The van der Waals surface area contributed by atoms with Gasteiger partial charge < -0.3 is 10.2 Å². The van der Waals surface area contributed by atoms with Gasteiger partial charge in [0, 0.05) is 24.3 Å². The number of pyridine rings is 1. The Kier molecular flexibility index (Phi) is 8.67. The highest BCUT2D eigenvalue weighted by Gasteiger charge is 2.31. The lowest BCUT2D eigenvalue weighted by Crippen LogP contribution is -2.47. The molecule has 1 aromatic heterocycles. The first-order valence-electron chi connectivity index (χ1n) is 9.54. The van der Waals surface area contributed by atoms with E-state index in [9.17, 15) is 13.2 Å². The number of hydrogen-bond donors (Lipinski definition) is 1. The Morgan fingerprint density at radius 3 is 2.40 bits per heavy atom. The molecule has 0 saturated heterocycles. The van der Waals surface area contributed by atoms with E-state index < -0.39 is 11.7 Å². The lowest BCUT2D eigenvalue weighted by molar-refractivity contribution is -0.137. The molecule has 0 aliphatic heterocycles. The van der Waals surface area contributed by atoms with Crippen LogP contribution >= 0.6 is 23.8 Å². The molecule has 2 rings (SSSR count). The van der Waals surface area contributed by atoms with Crippen molar-refractivity contribution < 1.29 is 13.2 Å². The summed E-state index contributed by atoms with van der Waals surface area (Å²) in [5, 5.41) is 3.93. The third-order valence-electron chi connectivity index (χ3n) is 4.45. The minimum atomic E-state index is -4.43. The van der Waals surface area contributed by atoms with Crippen molar-refractivity contribution in [2.45, 2.75) is 39.0 Å². The molecule has 0 fully saturated rings. The third-order valence-corrected chi connectivity index (χ3v) is 5.12. The van der Waals surface area contributed by atoms with Gasteiger partial charge >= 0.3 is 6.18 Å². The molecule has 0 amide bonds. The van der Waals surface area contributed by atoms with Gasteiger partial charge in [-0.1, -0.05) is 55.9 Å². The Balaban J connectivity index is 2.24. The molecular formula is C22H25ClF3N3S. The molecule has 0 aliphatic rings. The number of anilines is 1. The maximum Gasteiger partial charge on any atom is 0.417 e. The molecule has 0 saturated carbocycles. The summed E-state index contributed by atoms with van der Waals surface area (Å²) >= 11 is 11.6. The van der Waals surface area contributed by atoms with E-state index in [1.807, 2.05) is 29.2 Å². The number of alkyl halides is 3. The summed E-state index contributed by atoms with van der Waals surface area (Å²) in [5.41, 5.74) is 0.238. The maximum atomic E-state index is 12.9. The van der Waals surface area contributed by atoms with Crippen LogP contribution in [0, 0.1) is 5.92 Å². The van der Waals surface area contributed by atoms with E-state index in [0.29, 0.717) is 41.3 Å². The van der Waals surface area contributed by atoms with Gasteiger partial charge in [0.2, 0.25) is 0 Å². The number of thiocarbonyl (C=S) groups is 1. The second-order valence-electron chi connectivity index (χ2n) is 7.33. The van der Waals surface area contributed by atoms with Crippen LogP contribution in [0.15, 0.2) is 55.3 Å². The van der Waals surface area contributed by atoms with Crippen molar-refractivity contribution in [3.05, 3.63) is 71.4 Å². The fourth-order valence-corrected chi connectivity index (χ4v) is 3.40. The van der Waals surface area contributed by atoms with Crippen LogP contribution < -0.4 is 10.2 Å². The minimum Gasteiger partial charge on any atom is -0.374 e. The van der Waals surface area contributed by atoms with Crippen molar-refractivity contribution in [1.82, 2.24) is 10.3 Å². The molecule has 0 bridgehead atoms.